The number of epoxide rings is 3. The molecule has 10 rings (SSSR count). The molecule has 6 aromatic carbocycles. The summed E-state index contributed by atoms with van der Waals surface area (Å²) < 4.78 is 70.7. The predicted molar refractivity (Wildman–Crippen MR) is 262 cm³/mol. The van der Waals surface area contributed by atoms with Crippen LogP contribution in [0.25, 0.3) is 0 Å². The van der Waals surface area contributed by atoms with Crippen LogP contribution in [0.2, 0.25) is 0 Å². The maximum atomic E-state index is 7.23. The van der Waals surface area contributed by atoms with Crippen molar-refractivity contribution in [3.63, 3.8) is 0 Å². The first-order valence-electron chi connectivity index (χ1n) is 23.0. The van der Waals surface area contributed by atoms with Crippen molar-refractivity contribution in [1.82, 2.24) is 9.21 Å². The molecule has 0 aromatic heterocycles. The van der Waals surface area contributed by atoms with E-state index in [1.54, 1.807) is 9.21 Å². The molecule has 18 heteroatoms. The van der Waals surface area contributed by atoms with Crippen molar-refractivity contribution in [2.45, 2.75) is 37.6 Å². The van der Waals surface area contributed by atoms with Crippen LogP contribution in [0, 0.1) is 0 Å². The first-order chi connectivity index (χ1) is 34.1. The lowest BCUT2D eigenvalue weighted by molar-refractivity contribution is 0.0545. The SMILES string of the molecule is c1ccc(ON2P(Oc3ccc(CCOCC4CO4)cc3)N=P(Oc3ccc(CCOCC4CO4)cc3)(Oc3ccc(CCOCC4CO4)cc3)N(Oc3ccccc3)P2Oc2ccccc2)cc1. The van der Waals surface area contributed by atoms with E-state index < -0.39 is 24.6 Å². The molecule has 0 bridgehead atoms. The fraction of sp³-hybridized carbons (Fsp3) is 0.294. The van der Waals surface area contributed by atoms with Gasteiger partial charge in [-0.25, -0.2) is 0 Å². The van der Waals surface area contributed by atoms with Crippen molar-refractivity contribution in [2.24, 2.45) is 4.52 Å². The second-order valence-corrected chi connectivity index (χ2v) is 21.9. The van der Waals surface area contributed by atoms with Gasteiger partial charge in [0.15, 0.2) is 0 Å². The first kappa shape index (κ1) is 47.6. The van der Waals surface area contributed by atoms with Crippen LogP contribution in [0.15, 0.2) is 168 Å². The molecular weight excluding hydrogens is 939 g/mol. The molecule has 0 amide bonds. The average Bonchev–Trinajstić information content (AvgIpc) is 4.23. The number of rotatable bonds is 27. The average molecular weight is 994 g/mol. The van der Waals surface area contributed by atoms with Gasteiger partial charge in [0.1, 0.15) is 52.8 Å². The van der Waals surface area contributed by atoms with Gasteiger partial charge in [-0.15, -0.1) is 4.52 Å². The molecule has 5 unspecified atom stereocenters. The molecule has 69 heavy (non-hydrogen) atoms. The third-order valence-electron chi connectivity index (χ3n) is 10.8. The third-order valence-corrected chi connectivity index (χ3v) is 17.6. The second kappa shape index (κ2) is 23.7. The minimum atomic E-state index is -3.94. The highest BCUT2D eigenvalue weighted by atomic mass is 31.3. The molecule has 0 saturated carbocycles. The van der Waals surface area contributed by atoms with Crippen LogP contribution in [0.1, 0.15) is 16.7 Å². The van der Waals surface area contributed by atoms with Crippen molar-refractivity contribution >= 4 is 24.6 Å². The minimum Gasteiger partial charge on any atom is -0.440 e. The molecule has 0 aliphatic carbocycles. The topological polar surface area (TPSA) is 140 Å². The van der Waals surface area contributed by atoms with E-state index in [1.807, 2.05) is 164 Å². The Hall–Kier alpha value is -5.11. The molecule has 0 N–H and O–H groups in total. The highest BCUT2D eigenvalue weighted by Gasteiger charge is 2.58. The summed E-state index contributed by atoms with van der Waals surface area (Å²) in [5, 5.41) is 0. The van der Waals surface area contributed by atoms with Crippen LogP contribution in [-0.4, -0.2) is 87.0 Å². The van der Waals surface area contributed by atoms with Crippen molar-refractivity contribution in [3.8, 4) is 34.5 Å². The lowest BCUT2D eigenvalue weighted by Crippen LogP contribution is -2.37. The van der Waals surface area contributed by atoms with E-state index in [4.69, 9.17) is 60.7 Å². The van der Waals surface area contributed by atoms with E-state index in [-0.39, 0.29) is 18.3 Å². The number of benzene rings is 6. The van der Waals surface area contributed by atoms with Gasteiger partial charge in [0.25, 0.3) is 0 Å². The summed E-state index contributed by atoms with van der Waals surface area (Å²) in [7, 11) is -8.36. The first-order valence-corrected chi connectivity index (χ1v) is 26.9. The number of nitrogens with zero attached hydrogens (tertiary/aromatic N) is 3. The summed E-state index contributed by atoms with van der Waals surface area (Å²) in [6, 6.07) is 51.9. The molecule has 360 valence electrons. The van der Waals surface area contributed by atoms with E-state index in [0.29, 0.717) is 87.0 Å². The molecule has 3 saturated heterocycles. The smallest absolute Gasteiger partial charge is 0.440 e. The quantitative estimate of drug-likeness (QED) is 0.0275. The monoisotopic (exact) mass is 993 g/mol. The van der Waals surface area contributed by atoms with Gasteiger partial charge in [-0.2, -0.15) is 0 Å². The largest absolute Gasteiger partial charge is 0.447 e. The Kier molecular flexibility index (Phi) is 16.3. The molecule has 4 heterocycles. The zero-order chi connectivity index (χ0) is 46.5. The lowest BCUT2D eigenvalue weighted by atomic mass is 10.1. The zero-order valence-corrected chi connectivity index (χ0v) is 40.6. The van der Waals surface area contributed by atoms with Gasteiger partial charge in [-0.05, 0) is 109 Å². The van der Waals surface area contributed by atoms with Gasteiger partial charge in [0, 0.05) is 9.21 Å². The number of ether oxygens (including phenoxy) is 6. The molecule has 0 spiro atoms. The molecule has 5 atom stereocenters. The van der Waals surface area contributed by atoms with Crippen molar-refractivity contribution < 1.29 is 56.2 Å². The van der Waals surface area contributed by atoms with Gasteiger partial charge in [-0.1, -0.05) is 91.0 Å². The molecule has 3 fully saturated rings. The summed E-state index contributed by atoms with van der Waals surface area (Å²) in [6.45, 7) is 5.77. The fourth-order valence-corrected chi connectivity index (χ4v) is 14.2. The lowest BCUT2D eigenvalue weighted by Gasteiger charge is -2.43. The van der Waals surface area contributed by atoms with Crippen LogP contribution in [0.5, 0.6) is 34.5 Å². The van der Waals surface area contributed by atoms with Crippen LogP contribution < -0.4 is 27.8 Å². The Bertz CT molecular complexity index is 2470. The molecule has 4 aliphatic rings. The van der Waals surface area contributed by atoms with Gasteiger partial charge in [0.05, 0.1) is 59.5 Å². The van der Waals surface area contributed by atoms with Gasteiger partial charge >= 0.3 is 24.6 Å². The van der Waals surface area contributed by atoms with Gasteiger partial charge in [-0.3, -0.25) is 0 Å². The maximum absolute atomic E-state index is 7.23. The Morgan fingerprint density at radius 2 is 0.826 bits per heavy atom. The van der Waals surface area contributed by atoms with Gasteiger partial charge < -0.3 is 56.2 Å². The van der Waals surface area contributed by atoms with Crippen LogP contribution in [0.3, 0.4) is 0 Å². The summed E-state index contributed by atoms with van der Waals surface area (Å²) in [5.74, 6) is 3.08. The molecule has 15 nitrogen and oxygen atoms in total. The highest BCUT2D eigenvalue weighted by Crippen LogP contribution is 2.77. The maximum Gasteiger partial charge on any atom is 0.447 e. The minimum absolute atomic E-state index is 0.204. The second-order valence-electron chi connectivity index (χ2n) is 16.4. The molecular formula is C51H54N3O12P3. The van der Waals surface area contributed by atoms with E-state index in [9.17, 15) is 0 Å². The van der Waals surface area contributed by atoms with Crippen molar-refractivity contribution in [2.75, 3.05) is 59.5 Å². The predicted octanol–water partition coefficient (Wildman–Crippen LogP) is 11.2. The number of hydrogen-bond donors (Lipinski definition) is 0. The molecule has 6 aromatic rings. The van der Waals surface area contributed by atoms with E-state index in [0.717, 1.165) is 42.9 Å². The number of hydrogen-bond acceptors (Lipinski definition) is 15. The summed E-state index contributed by atoms with van der Waals surface area (Å²) >= 11 is 0. The Balaban J connectivity index is 1.05. The molecule has 4 aliphatic heterocycles. The third kappa shape index (κ3) is 14.3. The fourth-order valence-electron chi connectivity index (χ4n) is 6.75. The van der Waals surface area contributed by atoms with Gasteiger partial charge in [0.2, 0.25) is 0 Å². The summed E-state index contributed by atoms with van der Waals surface area (Å²) in [4.78, 5) is 13.8. The summed E-state index contributed by atoms with van der Waals surface area (Å²) in [6.07, 6.45) is 2.78. The Morgan fingerprint density at radius 3 is 1.25 bits per heavy atom. The van der Waals surface area contributed by atoms with E-state index in [2.05, 4.69) is 0 Å². The summed E-state index contributed by atoms with van der Waals surface area (Å²) in [5.41, 5.74) is 3.24. The standard InChI is InChI=1S/C51H54N3O12P3/c1-4-10-43(11-5-1)61-53-67(63-46-22-16-40(17-23-46)28-31-55-34-49-37-58-49)52-69(65-47-24-18-41(19-25-47)29-32-56-35-50-38-59-50,66-48-26-20-42(21-27-48)30-33-57-36-51-39-60-51)54(62-44-12-6-2-7-13-44)68(53)64-45-14-8-3-9-15-45/h1-27,49-51H,28-39H2. The normalized spacial score (nSPS) is 22.8. The number of para-hydroxylation sites is 3. The van der Waals surface area contributed by atoms with Crippen LogP contribution in [0.4, 0.5) is 0 Å². The van der Waals surface area contributed by atoms with Crippen LogP contribution >= 0.6 is 24.6 Å². The van der Waals surface area contributed by atoms with Crippen molar-refractivity contribution in [3.05, 3.63) is 180 Å². The van der Waals surface area contributed by atoms with E-state index >= 15 is 0 Å². The van der Waals surface area contributed by atoms with E-state index in [1.165, 1.54) is 0 Å². The molecule has 0 radical (unpaired) electrons. The van der Waals surface area contributed by atoms with Crippen LogP contribution in [-0.2, 0) is 47.7 Å². The van der Waals surface area contributed by atoms with Crippen molar-refractivity contribution in [1.29, 1.82) is 0 Å². The Labute approximate surface area is 405 Å². The Morgan fingerprint density at radius 1 is 0.449 bits per heavy atom. The highest BCUT2D eigenvalue weighted by molar-refractivity contribution is 7.78. The zero-order valence-electron chi connectivity index (χ0n) is 37.9.